The number of nitrogens with one attached hydrogen (secondary N) is 3. The molecule has 2 saturated heterocycles. The third-order valence-electron chi connectivity index (χ3n) is 16.5. The molecule has 2 aliphatic carbocycles. The number of aliphatic hydroxyl groups excluding tert-OH is 1. The molecule has 1 spiro atoms. The smallest absolute Gasteiger partial charge is 0.297 e. The first kappa shape index (κ1) is 47.0. The number of terminal acetylenes is 1. The van der Waals surface area contributed by atoms with E-state index in [0.29, 0.717) is 54.4 Å². The van der Waals surface area contributed by atoms with Crippen molar-refractivity contribution in [2.45, 2.75) is 120 Å². The number of benzene rings is 3. The van der Waals surface area contributed by atoms with E-state index in [1.54, 1.807) is 6.07 Å². The number of hydrogen-bond donors (Lipinski definition) is 4. The van der Waals surface area contributed by atoms with Crippen LogP contribution in [-0.4, -0.2) is 96.3 Å². The molecule has 4 fully saturated rings. The average Bonchev–Trinajstić information content (AvgIpc) is 4.03. The van der Waals surface area contributed by atoms with Gasteiger partial charge in [0.25, 0.3) is 21.6 Å². The normalized spacial score (nSPS) is 24.5. The van der Waals surface area contributed by atoms with Crippen LogP contribution in [0, 0.1) is 39.2 Å². The third-order valence-corrected chi connectivity index (χ3v) is 17.8. The van der Waals surface area contributed by atoms with E-state index >= 15 is 0 Å². The van der Waals surface area contributed by atoms with Crippen molar-refractivity contribution in [2.24, 2.45) is 16.7 Å². The molecule has 0 radical (unpaired) electrons. The Labute approximate surface area is 414 Å². The third kappa shape index (κ3) is 8.82. The summed E-state index contributed by atoms with van der Waals surface area (Å²) >= 11 is 0. The fourth-order valence-corrected chi connectivity index (χ4v) is 13.3. The number of sulfonamides is 1. The van der Waals surface area contributed by atoms with Gasteiger partial charge in [-0.05, 0) is 124 Å². The van der Waals surface area contributed by atoms with E-state index in [1.165, 1.54) is 11.6 Å². The average molecular weight is 983 g/mol. The van der Waals surface area contributed by atoms with Crippen molar-refractivity contribution in [1.29, 1.82) is 0 Å². The molecule has 17 heteroatoms. The molecule has 0 unspecified atom stereocenters. The number of fused-ring (bicyclic) bond motifs is 3. The number of aliphatic hydroxyl groups is 1. The minimum atomic E-state index is -4.70. The van der Waals surface area contributed by atoms with Crippen LogP contribution >= 0.6 is 0 Å². The number of aromatic nitrogens is 2. The molecule has 5 aromatic rings. The van der Waals surface area contributed by atoms with E-state index in [-0.39, 0.29) is 58.6 Å². The van der Waals surface area contributed by atoms with E-state index in [9.17, 15) is 28.4 Å². The van der Waals surface area contributed by atoms with Crippen LogP contribution in [0.4, 0.5) is 28.4 Å². The summed E-state index contributed by atoms with van der Waals surface area (Å²) in [6, 6.07) is 20.6. The first-order chi connectivity index (χ1) is 34.1. The SMILES string of the molecule is C#Cc1ccccc1[C@@H]1CCCN1C1CC2(CCN(c3ccc(C(=O)NS(=O)(=O)c4cc5c(c([N+](=O)[O-])c4)N[C@@H](C4CCC(O)CC4)CO5)c(N4C[C@@H](C(C)(C)C)Oc5nc6[nH]ccc6cc54)c3)CC2)C1. The minimum absolute atomic E-state index is 0.0117. The van der Waals surface area contributed by atoms with Crippen LogP contribution in [-0.2, 0) is 10.0 Å². The number of nitro benzene ring substituents is 1. The molecule has 4 N–H and O–H groups in total. The van der Waals surface area contributed by atoms with Crippen molar-refractivity contribution in [1.82, 2.24) is 19.6 Å². The van der Waals surface area contributed by atoms with E-state index in [2.05, 4.69) is 63.6 Å². The lowest BCUT2D eigenvalue weighted by Gasteiger charge is -2.56. The van der Waals surface area contributed by atoms with E-state index in [1.807, 2.05) is 47.5 Å². The van der Waals surface area contributed by atoms with E-state index in [4.69, 9.17) is 20.9 Å². The number of hydrogen-bond acceptors (Lipinski definition) is 13. The monoisotopic (exact) mass is 982 g/mol. The summed E-state index contributed by atoms with van der Waals surface area (Å²) in [6.45, 7) is 9.47. The lowest BCUT2D eigenvalue weighted by atomic mass is 9.59. The molecule has 6 heterocycles. The molecule has 3 atom stereocenters. The molecule has 1 amide bonds. The van der Waals surface area contributed by atoms with Crippen LogP contribution < -0.4 is 29.3 Å². The first-order valence-corrected chi connectivity index (χ1v) is 26.6. The molecule has 16 nitrogen and oxygen atoms in total. The Kier molecular flexibility index (Phi) is 11.9. The van der Waals surface area contributed by atoms with E-state index in [0.717, 1.165) is 93.7 Å². The number of carbonyl (C=O) groups is 1. The number of likely N-dealkylation sites (tertiary alicyclic amines) is 1. The summed E-state index contributed by atoms with van der Waals surface area (Å²) in [5.74, 6) is 2.53. The molecule has 3 aromatic carbocycles. The van der Waals surface area contributed by atoms with Crippen molar-refractivity contribution in [3.05, 3.63) is 99.7 Å². The molecular formula is C54H62N8O8S. The number of nitrogens with zero attached hydrogens (tertiary/aromatic N) is 5. The number of nitro groups is 1. The molecular weight excluding hydrogens is 921 g/mol. The Bertz CT molecular complexity index is 3050. The molecule has 4 aliphatic heterocycles. The van der Waals surface area contributed by atoms with Gasteiger partial charge in [-0.1, -0.05) is 44.9 Å². The first-order valence-electron chi connectivity index (χ1n) is 25.2. The Balaban J connectivity index is 0.880. The molecule has 11 rings (SSSR count). The number of carbonyl (C=O) groups excluding carboxylic acids is 1. The van der Waals surface area contributed by atoms with Crippen LogP contribution in [0.15, 0.2) is 77.8 Å². The van der Waals surface area contributed by atoms with Crippen molar-refractivity contribution < 1.29 is 32.7 Å². The topological polar surface area (TPSA) is 195 Å². The summed E-state index contributed by atoms with van der Waals surface area (Å²) in [5, 5.41) is 26.7. The number of piperidine rings is 1. The Hall–Kier alpha value is -6.35. The van der Waals surface area contributed by atoms with Gasteiger partial charge in [-0.2, -0.15) is 4.98 Å². The molecule has 71 heavy (non-hydrogen) atoms. The number of H-pyrrole nitrogens is 1. The van der Waals surface area contributed by atoms with Gasteiger partial charge >= 0.3 is 0 Å². The fraction of sp³-hybridized carbons (Fsp3) is 0.481. The number of amides is 1. The largest absolute Gasteiger partial charge is 0.489 e. The zero-order valence-electron chi connectivity index (χ0n) is 40.5. The van der Waals surface area contributed by atoms with Gasteiger partial charge in [-0.15, -0.1) is 6.42 Å². The number of ether oxygens (including phenoxy) is 2. The van der Waals surface area contributed by atoms with Crippen LogP contribution in [0.1, 0.15) is 113 Å². The van der Waals surface area contributed by atoms with Crippen LogP contribution in [0.5, 0.6) is 11.6 Å². The number of rotatable bonds is 9. The maximum atomic E-state index is 14.7. The zero-order valence-corrected chi connectivity index (χ0v) is 41.3. The number of pyridine rings is 1. The van der Waals surface area contributed by atoms with Crippen LogP contribution in [0.2, 0.25) is 0 Å². The summed E-state index contributed by atoms with van der Waals surface area (Å²) in [4.78, 5) is 41.3. The fourth-order valence-electron chi connectivity index (χ4n) is 12.3. The summed E-state index contributed by atoms with van der Waals surface area (Å²) < 4.78 is 43.5. The minimum Gasteiger partial charge on any atom is -0.489 e. The molecule has 2 saturated carbocycles. The Morgan fingerprint density at radius 3 is 2.52 bits per heavy atom. The van der Waals surface area contributed by atoms with Gasteiger partial charge < -0.3 is 34.7 Å². The predicted molar refractivity (Wildman–Crippen MR) is 272 cm³/mol. The summed E-state index contributed by atoms with van der Waals surface area (Å²) in [6.07, 6.45) is 16.4. The second-order valence-electron chi connectivity index (χ2n) is 21.8. The summed E-state index contributed by atoms with van der Waals surface area (Å²) in [5.41, 5.74) is 4.52. The van der Waals surface area contributed by atoms with Gasteiger partial charge in [0, 0.05) is 65.6 Å². The lowest BCUT2D eigenvalue weighted by Crippen LogP contribution is -2.55. The van der Waals surface area contributed by atoms with Gasteiger partial charge in [0.15, 0.2) is 11.4 Å². The highest BCUT2D eigenvalue weighted by molar-refractivity contribution is 7.90. The molecule has 6 aliphatic rings. The quantitative estimate of drug-likeness (QED) is 0.0622. The van der Waals surface area contributed by atoms with Crippen molar-refractivity contribution in [2.75, 3.05) is 47.9 Å². The van der Waals surface area contributed by atoms with Crippen molar-refractivity contribution in [3.8, 4) is 24.0 Å². The van der Waals surface area contributed by atoms with Gasteiger partial charge in [-0.25, -0.2) is 13.1 Å². The summed E-state index contributed by atoms with van der Waals surface area (Å²) in [7, 11) is -4.70. The Morgan fingerprint density at radius 2 is 1.77 bits per heavy atom. The predicted octanol–water partition coefficient (Wildman–Crippen LogP) is 8.83. The van der Waals surface area contributed by atoms with Crippen LogP contribution in [0.25, 0.3) is 11.0 Å². The zero-order chi connectivity index (χ0) is 49.4. The highest BCUT2D eigenvalue weighted by atomic mass is 32.2. The van der Waals surface area contributed by atoms with Crippen LogP contribution in [0.3, 0.4) is 0 Å². The van der Waals surface area contributed by atoms with Gasteiger partial charge in [0.05, 0.1) is 39.8 Å². The lowest BCUT2D eigenvalue weighted by molar-refractivity contribution is -0.384. The van der Waals surface area contributed by atoms with E-state index < -0.39 is 31.4 Å². The van der Waals surface area contributed by atoms with Crippen molar-refractivity contribution in [3.63, 3.8) is 0 Å². The second kappa shape index (κ2) is 18.0. The van der Waals surface area contributed by atoms with Gasteiger partial charge in [0.2, 0.25) is 5.88 Å². The van der Waals surface area contributed by atoms with Gasteiger partial charge in [-0.3, -0.25) is 19.8 Å². The maximum absolute atomic E-state index is 14.7. The van der Waals surface area contributed by atoms with Gasteiger partial charge in [0.1, 0.15) is 24.0 Å². The number of aromatic amines is 1. The maximum Gasteiger partial charge on any atom is 0.297 e. The molecule has 0 bridgehead atoms. The highest BCUT2D eigenvalue weighted by Crippen LogP contribution is 2.55. The molecule has 372 valence electrons. The number of anilines is 4. The van der Waals surface area contributed by atoms with Crippen molar-refractivity contribution >= 4 is 55.4 Å². The highest BCUT2D eigenvalue weighted by Gasteiger charge is 2.50. The molecule has 2 aromatic heterocycles. The standard InChI is InChI=1S/C54H62N8O8S/c1-5-33-9-6-7-10-40(33)43-11-8-22-60(43)37-29-54(30-37)19-23-59(24-20-54)36-14-17-41(44(26-36)61-31-48(53(2,3)4)70-52-46(61)25-35-18-21-55-50(35)57-52)51(64)58-71(67,68)39-27-45(62(65)66)49-47(28-39)69-32-42(56-49)34-12-15-38(63)16-13-34/h1,6-7,9-10,14,17-18,21,25-28,34,37-38,42-43,48,56,63H,8,11-13,15-16,19-20,22-24,29-32H2,2-4H3,(H,55,57)(H,58,64)/t34?,38?,42-,43+,48+/m1/s1. The Morgan fingerprint density at radius 1 is 1.00 bits per heavy atom. The second-order valence-corrected chi connectivity index (χ2v) is 23.5.